The van der Waals surface area contributed by atoms with Crippen LogP contribution in [0.2, 0.25) is 0 Å². The van der Waals surface area contributed by atoms with Gasteiger partial charge in [-0.3, -0.25) is 0 Å². The molecule has 25 heavy (non-hydrogen) atoms. The van der Waals surface area contributed by atoms with Gasteiger partial charge in [0.15, 0.2) is 9.84 Å². The van der Waals surface area contributed by atoms with Crippen LogP contribution in [-0.2, 0) is 15.6 Å². The van der Waals surface area contributed by atoms with Crippen molar-refractivity contribution >= 4 is 15.9 Å². The van der Waals surface area contributed by atoms with E-state index < -0.39 is 9.84 Å². The summed E-state index contributed by atoms with van der Waals surface area (Å²) in [4.78, 5) is 0. The van der Waals surface area contributed by atoms with Crippen molar-refractivity contribution in [2.45, 2.75) is 5.75 Å². The van der Waals surface area contributed by atoms with Crippen molar-refractivity contribution in [1.29, 1.82) is 0 Å². The predicted octanol–water partition coefficient (Wildman–Crippen LogP) is 3.44. The first-order valence-corrected chi connectivity index (χ1v) is 9.05. The first kappa shape index (κ1) is 18.8. The van der Waals surface area contributed by atoms with E-state index in [0.29, 0.717) is 28.4 Å². The van der Waals surface area contributed by atoms with Gasteiger partial charge in [0.25, 0.3) is 0 Å². The molecule has 0 saturated carbocycles. The standard InChI is InChI=1S/C18H19FO5S/c1-22-15-10-17(23-2)16(18(11-15)24-3)12-25(20,21)9-8-13-4-6-14(19)7-5-13/h4-11H,12H2,1-3H3. The van der Waals surface area contributed by atoms with Crippen LogP contribution in [0.25, 0.3) is 6.08 Å². The summed E-state index contributed by atoms with van der Waals surface area (Å²) in [7, 11) is 0.780. The van der Waals surface area contributed by atoms with Crippen molar-refractivity contribution in [2.24, 2.45) is 0 Å². The Labute approximate surface area is 146 Å². The van der Waals surface area contributed by atoms with E-state index in [9.17, 15) is 12.8 Å². The highest BCUT2D eigenvalue weighted by atomic mass is 32.2. The van der Waals surface area contributed by atoms with Gasteiger partial charge in [0.2, 0.25) is 0 Å². The van der Waals surface area contributed by atoms with Gasteiger partial charge in [0.05, 0.1) is 32.6 Å². The third kappa shape index (κ3) is 4.96. The smallest absolute Gasteiger partial charge is 0.176 e. The topological polar surface area (TPSA) is 61.8 Å². The Bertz CT molecular complexity index is 833. The molecular formula is C18H19FO5S. The Morgan fingerprint density at radius 1 is 0.960 bits per heavy atom. The minimum atomic E-state index is -3.60. The normalized spacial score (nSPS) is 11.5. The van der Waals surface area contributed by atoms with E-state index in [1.54, 1.807) is 12.1 Å². The van der Waals surface area contributed by atoms with Crippen molar-refractivity contribution in [3.05, 3.63) is 58.8 Å². The minimum Gasteiger partial charge on any atom is -0.496 e. The first-order valence-electron chi connectivity index (χ1n) is 7.34. The molecule has 0 atom stereocenters. The Balaban J connectivity index is 2.32. The quantitative estimate of drug-likeness (QED) is 0.751. The zero-order valence-electron chi connectivity index (χ0n) is 14.2. The molecule has 0 aliphatic carbocycles. The van der Waals surface area contributed by atoms with Crippen LogP contribution in [-0.4, -0.2) is 29.7 Å². The molecule has 0 unspecified atom stereocenters. The van der Waals surface area contributed by atoms with E-state index >= 15 is 0 Å². The summed E-state index contributed by atoms with van der Waals surface area (Å²) in [5, 5.41) is 1.09. The lowest BCUT2D eigenvalue weighted by molar-refractivity contribution is 0.370. The molecule has 0 radical (unpaired) electrons. The summed E-state index contributed by atoms with van der Waals surface area (Å²) in [5.41, 5.74) is 0.980. The van der Waals surface area contributed by atoms with Crippen molar-refractivity contribution in [3.8, 4) is 17.2 Å². The Hall–Kier alpha value is -2.54. The van der Waals surface area contributed by atoms with Gasteiger partial charge in [-0.05, 0) is 23.8 Å². The second-order valence-electron chi connectivity index (χ2n) is 5.17. The number of hydrogen-bond acceptors (Lipinski definition) is 5. The largest absolute Gasteiger partial charge is 0.496 e. The van der Waals surface area contributed by atoms with Crippen molar-refractivity contribution in [2.75, 3.05) is 21.3 Å². The average molecular weight is 366 g/mol. The summed E-state index contributed by atoms with van der Waals surface area (Å²) in [5.74, 6) is 0.524. The monoisotopic (exact) mass is 366 g/mol. The van der Waals surface area contributed by atoms with Gasteiger partial charge in [-0.2, -0.15) is 0 Å². The fourth-order valence-corrected chi connectivity index (χ4v) is 3.37. The number of hydrogen-bond donors (Lipinski definition) is 0. The van der Waals surface area contributed by atoms with E-state index in [2.05, 4.69) is 0 Å². The van der Waals surface area contributed by atoms with E-state index in [1.165, 1.54) is 51.7 Å². The summed E-state index contributed by atoms with van der Waals surface area (Å²) >= 11 is 0. The van der Waals surface area contributed by atoms with Crippen LogP contribution in [0, 0.1) is 5.82 Å². The molecule has 2 aromatic carbocycles. The lowest BCUT2D eigenvalue weighted by Crippen LogP contribution is -2.05. The number of ether oxygens (including phenoxy) is 3. The molecule has 134 valence electrons. The highest BCUT2D eigenvalue weighted by Crippen LogP contribution is 2.35. The highest BCUT2D eigenvalue weighted by molar-refractivity contribution is 7.93. The zero-order valence-corrected chi connectivity index (χ0v) is 15.0. The van der Waals surface area contributed by atoms with Crippen molar-refractivity contribution < 1.29 is 27.0 Å². The number of benzene rings is 2. The zero-order chi connectivity index (χ0) is 18.4. The van der Waals surface area contributed by atoms with E-state index in [1.807, 2.05) is 0 Å². The van der Waals surface area contributed by atoms with Crippen LogP contribution >= 0.6 is 0 Å². The number of sulfone groups is 1. The van der Waals surface area contributed by atoms with Crippen LogP contribution in [0.4, 0.5) is 4.39 Å². The maximum absolute atomic E-state index is 12.9. The third-order valence-electron chi connectivity index (χ3n) is 3.50. The third-order valence-corrected chi connectivity index (χ3v) is 4.74. The Kier molecular flexibility index (Phi) is 6.03. The molecule has 0 aliphatic rings. The molecule has 0 aromatic heterocycles. The molecule has 0 bridgehead atoms. The van der Waals surface area contributed by atoms with Gasteiger partial charge in [0, 0.05) is 17.5 Å². The average Bonchev–Trinajstić information content (AvgIpc) is 2.61. The maximum Gasteiger partial charge on any atom is 0.176 e. The van der Waals surface area contributed by atoms with Crippen molar-refractivity contribution in [3.63, 3.8) is 0 Å². The van der Waals surface area contributed by atoms with Crippen LogP contribution in [0.15, 0.2) is 41.8 Å². The summed E-state index contributed by atoms with van der Waals surface area (Å²) in [6.45, 7) is 0. The molecule has 7 heteroatoms. The van der Waals surface area contributed by atoms with Crippen molar-refractivity contribution in [1.82, 2.24) is 0 Å². The molecule has 0 fully saturated rings. The first-order chi connectivity index (χ1) is 11.9. The fraction of sp³-hybridized carbons (Fsp3) is 0.222. The van der Waals surface area contributed by atoms with Gasteiger partial charge >= 0.3 is 0 Å². The molecule has 0 amide bonds. The molecule has 0 heterocycles. The maximum atomic E-state index is 12.9. The summed E-state index contributed by atoms with van der Waals surface area (Å²) in [6.07, 6.45) is 1.41. The van der Waals surface area contributed by atoms with E-state index in [4.69, 9.17) is 14.2 Å². The molecular weight excluding hydrogens is 347 g/mol. The second kappa shape index (κ2) is 8.02. The molecule has 5 nitrogen and oxygen atoms in total. The Morgan fingerprint density at radius 3 is 2.00 bits per heavy atom. The molecule has 0 aliphatic heterocycles. The summed E-state index contributed by atoms with van der Waals surface area (Å²) in [6, 6.07) is 8.71. The SMILES string of the molecule is COc1cc(OC)c(CS(=O)(=O)C=Cc2ccc(F)cc2)c(OC)c1. The van der Waals surface area contributed by atoms with Crippen LogP contribution in [0.3, 0.4) is 0 Å². The van der Waals surface area contributed by atoms with Crippen LogP contribution in [0.5, 0.6) is 17.2 Å². The fourth-order valence-electron chi connectivity index (χ4n) is 2.23. The number of methoxy groups -OCH3 is 3. The van der Waals surface area contributed by atoms with Gasteiger partial charge < -0.3 is 14.2 Å². The Morgan fingerprint density at radius 2 is 1.52 bits per heavy atom. The molecule has 0 spiro atoms. The molecule has 2 aromatic rings. The van der Waals surface area contributed by atoms with Gasteiger partial charge in [-0.1, -0.05) is 12.1 Å². The lowest BCUT2D eigenvalue weighted by atomic mass is 10.2. The van der Waals surface area contributed by atoms with Gasteiger partial charge in [-0.25, -0.2) is 12.8 Å². The number of rotatable bonds is 7. The predicted molar refractivity (Wildman–Crippen MR) is 94.2 cm³/mol. The molecule has 0 saturated heterocycles. The lowest BCUT2D eigenvalue weighted by Gasteiger charge is -2.14. The van der Waals surface area contributed by atoms with Crippen LogP contribution < -0.4 is 14.2 Å². The minimum absolute atomic E-state index is 0.305. The van der Waals surface area contributed by atoms with E-state index in [-0.39, 0.29) is 11.6 Å². The van der Waals surface area contributed by atoms with Gasteiger partial charge in [-0.15, -0.1) is 0 Å². The van der Waals surface area contributed by atoms with Crippen LogP contribution in [0.1, 0.15) is 11.1 Å². The number of halogens is 1. The summed E-state index contributed by atoms with van der Waals surface area (Å²) < 4.78 is 53.4. The highest BCUT2D eigenvalue weighted by Gasteiger charge is 2.19. The molecule has 0 N–H and O–H groups in total. The second-order valence-corrected chi connectivity index (χ2v) is 7.06. The van der Waals surface area contributed by atoms with Gasteiger partial charge in [0.1, 0.15) is 23.1 Å². The molecule has 2 rings (SSSR count). The van der Waals surface area contributed by atoms with E-state index in [0.717, 1.165) is 5.41 Å².